The van der Waals surface area contributed by atoms with E-state index in [9.17, 15) is 13.2 Å². The Morgan fingerprint density at radius 2 is 2.03 bits per heavy atom. The standard InChI is InChI=1S/C19H15ClF3N5S2/c1-2-7-28-10-25-16-13(5-6-24-17(16)28)18-26-15(9-29-18)12-4-3-11(8-14(12)20)27-30-19(21,22)23/h3-6,8-10,27H,2,7H2,1H3. The first-order chi connectivity index (χ1) is 14.4. The molecule has 0 fully saturated rings. The van der Waals surface area contributed by atoms with Gasteiger partial charge in [-0.3, -0.25) is 0 Å². The zero-order chi connectivity index (χ0) is 21.3. The zero-order valence-corrected chi connectivity index (χ0v) is 18.0. The Labute approximate surface area is 183 Å². The van der Waals surface area contributed by atoms with Crippen LogP contribution in [-0.4, -0.2) is 25.0 Å². The average Bonchev–Trinajstić information content (AvgIpc) is 3.34. The molecular weight excluding hydrogens is 455 g/mol. The summed E-state index contributed by atoms with van der Waals surface area (Å²) in [5.41, 5.74) is -0.365. The first-order valence-corrected chi connectivity index (χ1v) is 11.0. The normalized spacial score (nSPS) is 11.9. The van der Waals surface area contributed by atoms with E-state index < -0.39 is 5.51 Å². The molecule has 3 aromatic heterocycles. The van der Waals surface area contributed by atoms with Crippen LogP contribution < -0.4 is 4.72 Å². The highest BCUT2D eigenvalue weighted by Gasteiger charge is 2.29. The van der Waals surface area contributed by atoms with Crippen LogP contribution in [0.5, 0.6) is 0 Å². The quantitative estimate of drug-likeness (QED) is 0.312. The van der Waals surface area contributed by atoms with Gasteiger partial charge in [-0.05, 0) is 30.7 Å². The Morgan fingerprint density at radius 1 is 1.20 bits per heavy atom. The number of anilines is 1. The van der Waals surface area contributed by atoms with Gasteiger partial charge < -0.3 is 9.29 Å². The summed E-state index contributed by atoms with van der Waals surface area (Å²) in [5, 5.41) is 2.94. The van der Waals surface area contributed by atoms with Gasteiger partial charge in [0.2, 0.25) is 0 Å². The maximum absolute atomic E-state index is 12.4. The Balaban J connectivity index is 1.63. The Bertz CT molecular complexity index is 1190. The highest BCUT2D eigenvalue weighted by molar-refractivity contribution is 8.01. The van der Waals surface area contributed by atoms with Crippen molar-refractivity contribution in [3.8, 4) is 21.8 Å². The van der Waals surface area contributed by atoms with Gasteiger partial charge in [-0.25, -0.2) is 15.0 Å². The van der Waals surface area contributed by atoms with E-state index in [4.69, 9.17) is 11.6 Å². The van der Waals surface area contributed by atoms with E-state index in [1.807, 2.05) is 16.0 Å². The molecule has 0 radical (unpaired) electrons. The van der Waals surface area contributed by atoms with Crippen molar-refractivity contribution in [3.05, 3.63) is 47.2 Å². The summed E-state index contributed by atoms with van der Waals surface area (Å²) in [4.78, 5) is 13.6. The third kappa shape index (κ3) is 4.40. The number of aromatic nitrogens is 4. The van der Waals surface area contributed by atoms with Gasteiger partial charge in [-0.15, -0.1) is 11.3 Å². The fourth-order valence-electron chi connectivity index (χ4n) is 2.96. The van der Waals surface area contributed by atoms with Crippen molar-refractivity contribution in [2.45, 2.75) is 25.4 Å². The summed E-state index contributed by atoms with van der Waals surface area (Å²) in [6, 6.07) is 6.51. The van der Waals surface area contributed by atoms with Crippen molar-refractivity contribution >= 4 is 51.7 Å². The third-order valence-electron chi connectivity index (χ3n) is 4.23. The van der Waals surface area contributed by atoms with Crippen LogP contribution in [0.1, 0.15) is 13.3 Å². The number of halogens is 4. The van der Waals surface area contributed by atoms with Crippen LogP contribution in [0.15, 0.2) is 42.2 Å². The Morgan fingerprint density at radius 3 is 2.77 bits per heavy atom. The number of hydrogen-bond acceptors (Lipinski definition) is 6. The second-order valence-electron chi connectivity index (χ2n) is 6.35. The van der Waals surface area contributed by atoms with Crippen molar-refractivity contribution in [1.82, 2.24) is 19.5 Å². The third-order valence-corrected chi connectivity index (χ3v) is 5.99. The smallest absolute Gasteiger partial charge is 0.323 e. The van der Waals surface area contributed by atoms with E-state index in [1.54, 1.807) is 18.6 Å². The molecule has 5 nitrogen and oxygen atoms in total. The number of fused-ring (bicyclic) bond motifs is 1. The molecule has 0 saturated carbocycles. The molecule has 0 unspecified atom stereocenters. The Kier molecular flexibility index (Phi) is 5.90. The molecule has 0 aliphatic carbocycles. The highest BCUT2D eigenvalue weighted by atomic mass is 35.5. The molecule has 1 aromatic carbocycles. The van der Waals surface area contributed by atoms with Gasteiger partial charge in [-0.1, -0.05) is 18.5 Å². The van der Waals surface area contributed by atoms with Crippen molar-refractivity contribution in [1.29, 1.82) is 0 Å². The summed E-state index contributed by atoms with van der Waals surface area (Å²) in [6.45, 7) is 2.92. The minimum Gasteiger partial charge on any atom is -0.323 e. The molecule has 0 aliphatic rings. The minimum atomic E-state index is -4.38. The van der Waals surface area contributed by atoms with Gasteiger partial charge in [-0.2, -0.15) is 13.2 Å². The number of benzene rings is 1. The number of alkyl halides is 3. The summed E-state index contributed by atoms with van der Waals surface area (Å²) < 4.78 is 41.3. The molecule has 3 heterocycles. The second kappa shape index (κ2) is 8.44. The molecule has 1 N–H and O–H groups in total. The lowest BCUT2D eigenvalue weighted by Crippen LogP contribution is -2.04. The predicted molar refractivity (Wildman–Crippen MR) is 117 cm³/mol. The van der Waals surface area contributed by atoms with Crippen LogP contribution >= 0.6 is 34.9 Å². The fourth-order valence-corrected chi connectivity index (χ4v) is 4.45. The van der Waals surface area contributed by atoms with Crippen LogP contribution in [0.25, 0.3) is 33.0 Å². The number of aryl methyl sites for hydroxylation is 1. The molecular formula is C19H15ClF3N5S2. The molecule has 30 heavy (non-hydrogen) atoms. The largest absolute Gasteiger partial charge is 0.461 e. The summed E-state index contributed by atoms with van der Waals surface area (Å²) in [5.74, 6) is 0. The van der Waals surface area contributed by atoms with E-state index in [2.05, 4.69) is 26.6 Å². The number of hydrogen-bond donors (Lipinski definition) is 1. The van der Waals surface area contributed by atoms with E-state index in [0.29, 0.717) is 16.3 Å². The second-order valence-corrected chi connectivity index (χ2v) is 8.49. The topological polar surface area (TPSA) is 55.6 Å². The number of imidazole rings is 1. The molecule has 0 aliphatic heterocycles. The summed E-state index contributed by atoms with van der Waals surface area (Å²) in [6.07, 6.45) is 4.49. The number of thiazole rings is 1. The summed E-state index contributed by atoms with van der Waals surface area (Å²) in [7, 11) is 0. The van der Waals surface area contributed by atoms with Crippen molar-refractivity contribution in [3.63, 3.8) is 0 Å². The SMILES string of the molecule is CCCn1cnc2c(-c3nc(-c4ccc(NSC(F)(F)F)cc4Cl)cs3)ccnc21. The Hall–Kier alpha value is -2.30. The first-order valence-electron chi connectivity index (χ1n) is 8.92. The highest BCUT2D eigenvalue weighted by Crippen LogP contribution is 2.37. The van der Waals surface area contributed by atoms with Gasteiger partial charge in [0.1, 0.15) is 10.5 Å². The van der Waals surface area contributed by atoms with Gasteiger partial charge in [0.05, 0.1) is 29.0 Å². The molecule has 0 spiro atoms. The van der Waals surface area contributed by atoms with Crippen LogP contribution in [-0.2, 0) is 6.54 Å². The summed E-state index contributed by atoms with van der Waals surface area (Å²) >= 11 is 7.42. The number of rotatable bonds is 6. The van der Waals surface area contributed by atoms with Crippen LogP contribution in [0.2, 0.25) is 5.02 Å². The lowest BCUT2D eigenvalue weighted by molar-refractivity contribution is -0.0323. The first kappa shape index (κ1) is 21.0. The van der Waals surface area contributed by atoms with E-state index in [1.165, 1.54) is 23.5 Å². The van der Waals surface area contributed by atoms with E-state index >= 15 is 0 Å². The van der Waals surface area contributed by atoms with Crippen LogP contribution in [0, 0.1) is 0 Å². The molecule has 156 valence electrons. The van der Waals surface area contributed by atoms with E-state index in [0.717, 1.165) is 34.7 Å². The lowest BCUT2D eigenvalue weighted by Gasteiger charge is -2.09. The molecule has 4 aromatic rings. The monoisotopic (exact) mass is 469 g/mol. The van der Waals surface area contributed by atoms with Gasteiger partial charge in [0, 0.05) is 34.9 Å². The van der Waals surface area contributed by atoms with E-state index in [-0.39, 0.29) is 17.6 Å². The predicted octanol–water partition coefficient (Wildman–Crippen LogP) is 6.87. The van der Waals surface area contributed by atoms with Crippen molar-refractivity contribution in [2.75, 3.05) is 4.72 Å². The van der Waals surface area contributed by atoms with Crippen LogP contribution in [0.4, 0.5) is 18.9 Å². The van der Waals surface area contributed by atoms with Gasteiger partial charge >= 0.3 is 5.51 Å². The molecule has 0 amide bonds. The molecule has 4 rings (SSSR count). The number of nitrogens with zero attached hydrogens (tertiary/aromatic N) is 4. The van der Waals surface area contributed by atoms with Crippen molar-refractivity contribution in [2.24, 2.45) is 0 Å². The number of nitrogens with one attached hydrogen (secondary N) is 1. The molecule has 0 saturated heterocycles. The van der Waals surface area contributed by atoms with Gasteiger partial charge in [0.15, 0.2) is 5.65 Å². The van der Waals surface area contributed by atoms with Crippen molar-refractivity contribution < 1.29 is 13.2 Å². The maximum Gasteiger partial charge on any atom is 0.461 e. The van der Waals surface area contributed by atoms with Crippen LogP contribution in [0.3, 0.4) is 0 Å². The minimum absolute atomic E-state index is 0.263. The molecule has 11 heteroatoms. The lowest BCUT2D eigenvalue weighted by atomic mass is 10.1. The fraction of sp³-hybridized carbons (Fsp3) is 0.211. The number of pyridine rings is 1. The molecule has 0 bridgehead atoms. The maximum atomic E-state index is 12.4. The molecule has 0 atom stereocenters. The zero-order valence-electron chi connectivity index (χ0n) is 15.6. The van der Waals surface area contributed by atoms with Gasteiger partial charge in [0.25, 0.3) is 0 Å². The average molecular weight is 470 g/mol.